The van der Waals surface area contributed by atoms with Crippen molar-refractivity contribution < 1.29 is 4.74 Å². The molecule has 2 heteroatoms. The van der Waals surface area contributed by atoms with Crippen molar-refractivity contribution in [2.24, 2.45) is 0 Å². The van der Waals surface area contributed by atoms with Gasteiger partial charge < -0.3 is 4.74 Å². The Morgan fingerprint density at radius 2 is 1.75 bits per heavy atom. The molecule has 0 fully saturated rings. The molecule has 0 aliphatic carbocycles. The van der Waals surface area contributed by atoms with Gasteiger partial charge in [0.05, 0.1) is 4.83 Å². The van der Waals surface area contributed by atoms with Gasteiger partial charge in [0, 0.05) is 6.42 Å². The lowest BCUT2D eigenvalue weighted by Gasteiger charge is -2.22. The summed E-state index contributed by atoms with van der Waals surface area (Å²) in [4.78, 5) is 0.232. The van der Waals surface area contributed by atoms with Gasteiger partial charge >= 0.3 is 0 Å². The first-order valence-corrected chi connectivity index (χ1v) is 7.94. The fraction of sp³-hybridized carbons (Fsp3) is 0.333. The van der Waals surface area contributed by atoms with Crippen LogP contribution in [0.3, 0.4) is 0 Å². The minimum Gasteiger partial charge on any atom is -0.488 e. The summed E-state index contributed by atoms with van der Waals surface area (Å²) in [7, 11) is 0. The number of hydrogen-bond acceptors (Lipinski definition) is 1. The maximum atomic E-state index is 6.12. The predicted octanol–water partition coefficient (Wildman–Crippen LogP) is 5.05. The molecule has 1 heterocycles. The third-order valence-corrected chi connectivity index (χ3v) is 5.06. The van der Waals surface area contributed by atoms with E-state index < -0.39 is 0 Å². The molecule has 3 rings (SSSR count). The number of halogens is 1. The Balaban J connectivity index is 1.90. The van der Waals surface area contributed by atoms with E-state index in [1.807, 2.05) is 6.07 Å². The number of hydrogen-bond donors (Lipinski definition) is 0. The van der Waals surface area contributed by atoms with E-state index in [2.05, 4.69) is 67.0 Å². The van der Waals surface area contributed by atoms with Crippen LogP contribution in [0.15, 0.2) is 36.4 Å². The van der Waals surface area contributed by atoms with E-state index >= 15 is 0 Å². The average Bonchev–Trinajstić information content (AvgIpc) is 2.81. The highest BCUT2D eigenvalue weighted by Crippen LogP contribution is 2.40. The Hall–Kier alpha value is -1.28. The summed E-state index contributed by atoms with van der Waals surface area (Å²) < 4.78 is 6.12. The third-order valence-electron chi connectivity index (χ3n) is 4.01. The summed E-state index contributed by atoms with van der Waals surface area (Å²) in [5.41, 5.74) is 6.67. The Labute approximate surface area is 129 Å². The minimum atomic E-state index is 0.174. The molecular formula is C18H19BrO. The van der Waals surface area contributed by atoms with Crippen molar-refractivity contribution >= 4 is 15.9 Å². The van der Waals surface area contributed by atoms with Crippen LogP contribution in [0.5, 0.6) is 5.75 Å². The van der Waals surface area contributed by atoms with Crippen molar-refractivity contribution in [1.82, 2.24) is 0 Å². The van der Waals surface area contributed by atoms with Crippen LogP contribution in [0.2, 0.25) is 0 Å². The second kappa shape index (κ2) is 5.25. The first-order chi connectivity index (χ1) is 9.56. The lowest BCUT2D eigenvalue weighted by molar-refractivity contribution is 0.231. The smallest absolute Gasteiger partial charge is 0.123 e. The number of para-hydroxylation sites is 1. The normalized spacial score (nSPS) is 18.5. The zero-order valence-corrected chi connectivity index (χ0v) is 13.7. The quantitative estimate of drug-likeness (QED) is 0.700. The van der Waals surface area contributed by atoms with E-state index in [1.54, 1.807) is 0 Å². The highest BCUT2D eigenvalue weighted by atomic mass is 79.9. The molecule has 2 unspecified atom stereocenters. The summed E-state index contributed by atoms with van der Waals surface area (Å²) in [6, 6.07) is 12.8. The summed E-state index contributed by atoms with van der Waals surface area (Å²) in [6.45, 7) is 6.52. The molecule has 104 valence electrons. The number of fused-ring (bicyclic) bond motifs is 1. The molecule has 0 aromatic heterocycles. The van der Waals surface area contributed by atoms with Gasteiger partial charge in [0.1, 0.15) is 11.9 Å². The molecule has 20 heavy (non-hydrogen) atoms. The maximum Gasteiger partial charge on any atom is 0.123 e. The van der Waals surface area contributed by atoms with Crippen LogP contribution >= 0.6 is 15.9 Å². The van der Waals surface area contributed by atoms with E-state index in [4.69, 9.17) is 4.74 Å². The number of alkyl halides is 1. The van der Waals surface area contributed by atoms with Gasteiger partial charge in [-0.15, -0.1) is 0 Å². The van der Waals surface area contributed by atoms with Gasteiger partial charge in [-0.3, -0.25) is 0 Å². The fourth-order valence-electron chi connectivity index (χ4n) is 3.18. The van der Waals surface area contributed by atoms with Crippen molar-refractivity contribution in [2.75, 3.05) is 0 Å². The van der Waals surface area contributed by atoms with Crippen molar-refractivity contribution in [3.8, 4) is 5.75 Å². The lowest BCUT2D eigenvalue weighted by Crippen LogP contribution is -2.20. The van der Waals surface area contributed by atoms with E-state index in [0.717, 1.165) is 12.2 Å². The van der Waals surface area contributed by atoms with Crippen LogP contribution in [0.25, 0.3) is 0 Å². The second-order valence-electron chi connectivity index (χ2n) is 5.68. The highest BCUT2D eigenvalue weighted by Gasteiger charge is 2.31. The number of benzene rings is 2. The zero-order chi connectivity index (χ0) is 14.3. The molecule has 0 radical (unpaired) electrons. The van der Waals surface area contributed by atoms with Crippen molar-refractivity contribution in [3.63, 3.8) is 0 Å². The molecule has 0 saturated heterocycles. The molecule has 1 nitrogen and oxygen atoms in total. The SMILES string of the molecule is Cc1cc(C)c(C(Br)C2Cc3ccccc3O2)c(C)c1. The highest BCUT2D eigenvalue weighted by molar-refractivity contribution is 9.09. The van der Waals surface area contributed by atoms with E-state index in [-0.39, 0.29) is 10.9 Å². The van der Waals surface area contributed by atoms with Crippen LogP contribution in [-0.4, -0.2) is 6.10 Å². The van der Waals surface area contributed by atoms with Gasteiger partial charge in [-0.25, -0.2) is 0 Å². The lowest BCUT2D eigenvalue weighted by atomic mass is 9.94. The van der Waals surface area contributed by atoms with E-state index in [9.17, 15) is 0 Å². The molecule has 0 N–H and O–H groups in total. The molecule has 2 aromatic rings. The van der Waals surface area contributed by atoms with Crippen molar-refractivity contribution in [3.05, 3.63) is 64.2 Å². The zero-order valence-electron chi connectivity index (χ0n) is 12.1. The first kappa shape index (κ1) is 13.7. The van der Waals surface area contributed by atoms with Crippen molar-refractivity contribution in [1.29, 1.82) is 0 Å². The van der Waals surface area contributed by atoms with Gasteiger partial charge in [-0.05, 0) is 49.1 Å². The molecule has 0 saturated carbocycles. The molecule has 1 aliphatic rings. The summed E-state index contributed by atoms with van der Waals surface area (Å²) in [6.07, 6.45) is 1.14. The first-order valence-electron chi connectivity index (χ1n) is 7.02. The molecule has 0 spiro atoms. The van der Waals surface area contributed by atoms with Crippen LogP contribution in [0.1, 0.15) is 32.6 Å². The molecule has 2 atom stereocenters. The summed E-state index contributed by atoms with van der Waals surface area (Å²) in [5, 5.41) is 0. The van der Waals surface area contributed by atoms with Crippen LogP contribution < -0.4 is 4.74 Å². The topological polar surface area (TPSA) is 9.23 Å². The van der Waals surface area contributed by atoms with Gasteiger partial charge in [0.2, 0.25) is 0 Å². The van der Waals surface area contributed by atoms with Crippen molar-refractivity contribution in [2.45, 2.75) is 38.1 Å². The van der Waals surface area contributed by atoms with E-state index in [0.29, 0.717) is 0 Å². The minimum absolute atomic E-state index is 0.174. The second-order valence-corrected chi connectivity index (χ2v) is 6.67. The number of ether oxygens (including phenoxy) is 1. The van der Waals surface area contributed by atoms with Crippen LogP contribution in [-0.2, 0) is 6.42 Å². The Morgan fingerprint density at radius 1 is 1.10 bits per heavy atom. The fourth-order valence-corrected chi connectivity index (χ4v) is 4.20. The largest absolute Gasteiger partial charge is 0.488 e. The van der Waals surface area contributed by atoms with Gasteiger partial charge in [-0.1, -0.05) is 51.8 Å². The standard InChI is InChI=1S/C18H19BrO/c1-11-8-12(2)17(13(3)9-11)18(19)16-10-14-6-4-5-7-15(14)20-16/h4-9,16,18H,10H2,1-3H3. The summed E-state index contributed by atoms with van der Waals surface area (Å²) >= 11 is 3.87. The Kier molecular flexibility index (Phi) is 3.59. The average molecular weight is 331 g/mol. The Bertz CT molecular complexity index is 600. The Morgan fingerprint density at radius 3 is 2.40 bits per heavy atom. The monoisotopic (exact) mass is 330 g/mol. The molecule has 1 aliphatic heterocycles. The molecule has 2 aromatic carbocycles. The van der Waals surface area contributed by atoms with Crippen LogP contribution in [0.4, 0.5) is 0 Å². The van der Waals surface area contributed by atoms with E-state index in [1.165, 1.54) is 27.8 Å². The van der Waals surface area contributed by atoms with Gasteiger partial charge in [0.15, 0.2) is 0 Å². The maximum absolute atomic E-state index is 6.12. The number of rotatable bonds is 2. The molecule has 0 amide bonds. The molecule has 0 bridgehead atoms. The van der Waals surface area contributed by atoms with Crippen LogP contribution in [0, 0.1) is 20.8 Å². The molecular weight excluding hydrogens is 312 g/mol. The van der Waals surface area contributed by atoms with Gasteiger partial charge in [-0.2, -0.15) is 0 Å². The summed E-state index contributed by atoms with van der Waals surface area (Å²) in [5.74, 6) is 1.03. The van der Waals surface area contributed by atoms with Gasteiger partial charge in [0.25, 0.3) is 0 Å². The predicted molar refractivity (Wildman–Crippen MR) is 86.9 cm³/mol. The third kappa shape index (κ3) is 2.37. The number of aryl methyl sites for hydroxylation is 3.